The van der Waals surface area contributed by atoms with Crippen molar-refractivity contribution in [1.82, 2.24) is 14.0 Å². The van der Waals surface area contributed by atoms with Crippen molar-refractivity contribution in [3.63, 3.8) is 0 Å². The summed E-state index contributed by atoms with van der Waals surface area (Å²) in [6, 6.07) is 7.23. The highest BCUT2D eigenvalue weighted by atomic mass is 32.1. The van der Waals surface area contributed by atoms with Crippen LogP contribution < -0.4 is 5.56 Å². The van der Waals surface area contributed by atoms with Crippen molar-refractivity contribution in [2.75, 3.05) is 6.61 Å². The molecule has 0 saturated carbocycles. The molecule has 7 heteroatoms. The molecule has 1 aromatic carbocycles. The largest absolute Gasteiger partial charge is 0.462 e. The third kappa shape index (κ3) is 1.75. The molecule has 0 fully saturated rings. The van der Waals surface area contributed by atoms with E-state index in [4.69, 9.17) is 17.0 Å². The number of para-hydroxylation sites is 2. The summed E-state index contributed by atoms with van der Waals surface area (Å²) in [7, 11) is 0. The van der Waals surface area contributed by atoms with E-state index in [1.807, 2.05) is 18.2 Å². The molecule has 0 radical (unpaired) electrons. The number of H-pyrrole nitrogens is 1. The SMILES string of the molecule is CCOC(=O)c1cn2c(=S)[nH]c3ccccc3n2c1=O. The van der Waals surface area contributed by atoms with Crippen LogP contribution in [-0.2, 0) is 4.74 Å². The minimum Gasteiger partial charge on any atom is -0.462 e. The quantitative estimate of drug-likeness (QED) is 0.577. The van der Waals surface area contributed by atoms with Crippen molar-refractivity contribution in [3.05, 3.63) is 51.2 Å². The van der Waals surface area contributed by atoms with E-state index in [0.717, 1.165) is 5.52 Å². The van der Waals surface area contributed by atoms with Crippen molar-refractivity contribution < 1.29 is 9.53 Å². The van der Waals surface area contributed by atoms with Gasteiger partial charge in [-0.3, -0.25) is 4.79 Å². The topological polar surface area (TPSA) is 68.0 Å². The predicted octanol–water partition coefficient (Wildman–Crippen LogP) is 1.79. The molecule has 0 atom stereocenters. The van der Waals surface area contributed by atoms with Crippen molar-refractivity contribution >= 4 is 29.2 Å². The Bertz CT molecular complexity index is 935. The number of hydrogen-bond acceptors (Lipinski definition) is 4. The lowest BCUT2D eigenvalue weighted by Gasteiger charge is -2.03. The Morgan fingerprint density at radius 1 is 1.40 bits per heavy atom. The van der Waals surface area contributed by atoms with E-state index in [1.165, 1.54) is 15.2 Å². The number of carbonyl (C=O) groups is 1. The van der Waals surface area contributed by atoms with Crippen LogP contribution in [0.15, 0.2) is 35.3 Å². The average Bonchev–Trinajstić information content (AvgIpc) is 2.78. The molecule has 0 saturated heterocycles. The number of aromatic amines is 1. The van der Waals surface area contributed by atoms with Gasteiger partial charge in [-0.05, 0) is 31.3 Å². The van der Waals surface area contributed by atoms with Crippen molar-refractivity contribution in [2.45, 2.75) is 6.92 Å². The van der Waals surface area contributed by atoms with Gasteiger partial charge < -0.3 is 9.72 Å². The Morgan fingerprint density at radius 3 is 2.90 bits per heavy atom. The molecule has 0 aliphatic carbocycles. The molecule has 0 amide bonds. The third-order valence-corrected chi connectivity index (χ3v) is 3.26. The van der Waals surface area contributed by atoms with Gasteiger partial charge in [-0.25, -0.2) is 13.8 Å². The molecule has 1 N–H and O–H groups in total. The highest BCUT2D eigenvalue weighted by Crippen LogP contribution is 2.10. The molecule has 0 spiro atoms. The van der Waals surface area contributed by atoms with Crippen LogP contribution in [0, 0.1) is 4.77 Å². The van der Waals surface area contributed by atoms with Crippen LogP contribution >= 0.6 is 12.2 Å². The van der Waals surface area contributed by atoms with Crippen molar-refractivity contribution in [1.29, 1.82) is 0 Å². The van der Waals surface area contributed by atoms with E-state index in [-0.39, 0.29) is 12.2 Å². The van der Waals surface area contributed by atoms with Crippen molar-refractivity contribution in [2.24, 2.45) is 0 Å². The van der Waals surface area contributed by atoms with Gasteiger partial charge in [-0.2, -0.15) is 0 Å². The van der Waals surface area contributed by atoms with Gasteiger partial charge in [0, 0.05) is 0 Å². The summed E-state index contributed by atoms with van der Waals surface area (Å²) in [4.78, 5) is 27.2. The number of hydrogen-bond donors (Lipinski definition) is 1. The Balaban J connectivity index is 2.45. The summed E-state index contributed by atoms with van der Waals surface area (Å²) >= 11 is 5.20. The number of nitrogens with one attached hydrogen (secondary N) is 1. The first-order chi connectivity index (χ1) is 9.63. The zero-order valence-electron chi connectivity index (χ0n) is 10.6. The third-order valence-electron chi connectivity index (χ3n) is 2.97. The van der Waals surface area contributed by atoms with Crippen LogP contribution in [0.1, 0.15) is 17.3 Å². The zero-order chi connectivity index (χ0) is 14.3. The van der Waals surface area contributed by atoms with Gasteiger partial charge in [0.2, 0.25) is 0 Å². The molecular weight excluding hydrogens is 278 g/mol. The van der Waals surface area contributed by atoms with E-state index < -0.39 is 11.5 Å². The van der Waals surface area contributed by atoms with Crippen LogP contribution in [-0.4, -0.2) is 26.6 Å². The van der Waals surface area contributed by atoms with E-state index in [9.17, 15) is 9.59 Å². The number of fused-ring (bicyclic) bond motifs is 3. The lowest BCUT2D eigenvalue weighted by atomic mass is 10.3. The van der Waals surface area contributed by atoms with Crippen LogP contribution in [0.5, 0.6) is 0 Å². The molecule has 6 nitrogen and oxygen atoms in total. The number of carbonyl (C=O) groups excluding carboxylic acids is 1. The van der Waals surface area contributed by atoms with Crippen molar-refractivity contribution in [3.8, 4) is 0 Å². The van der Waals surface area contributed by atoms with Crippen LogP contribution in [0.25, 0.3) is 11.0 Å². The fourth-order valence-electron chi connectivity index (χ4n) is 2.11. The molecule has 3 aromatic rings. The molecule has 0 aliphatic heterocycles. The molecule has 0 aliphatic rings. The number of aromatic nitrogens is 3. The normalized spacial score (nSPS) is 11.1. The second kappa shape index (κ2) is 4.61. The first-order valence-electron chi connectivity index (χ1n) is 6.06. The summed E-state index contributed by atoms with van der Waals surface area (Å²) in [6.45, 7) is 1.90. The fraction of sp³-hybridized carbons (Fsp3) is 0.154. The smallest absolute Gasteiger partial charge is 0.345 e. The Kier molecular flexibility index (Phi) is 2.90. The summed E-state index contributed by atoms with van der Waals surface area (Å²) in [6.07, 6.45) is 1.39. The monoisotopic (exact) mass is 289 g/mol. The fourth-order valence-corrected chi connectivity index (χ4v) is 2.35. The van der Waals surface area contributed by atoms with Crippen LogP contribution in [0.3, 0.4) is 0 Å². The lowest BCUT2D eigenvalue weighted by molar-refractivity contribution is 0.0525. The highest BCUT2D eigenvalue weighted by Gasteiger charge is 2.17. The summed E-state index contributed by atoms with van der Waals surface area (Å²) in [5.74, 6) is -0.646. The van der Waals surface area contributed by atoms with Crippen LogP contribution in [0.2, 0.25) is 0 Å². The summed E-state index contributed by atoms with van der Waals surface area (Å²) in [5, 5.41) is 0. The van der Waals surface area contributed by atoms with Gasteiger partial charge in [0.05, 0.1) is 23.8 Å². The number of esters is 1. The van der Waals surface area contributed by atoms with Gasteiger partial charge in [0.25, 0.3) is 5.56 Å². The van der Waals surface area contributed by atoms with Gasteiger partial charge >= 0.3 is 5.97 Å². The predicted molar refractivity (Wildman–Crippen MR) is 75.8 cm³/mol. The highest BCUT2D eigenvalue weighted by molar-refractivity contribution is 7.71. The Labute approximate surface area is 118 Å². The second-order valence-corrected chi connectivity index (χ2v) is 4.56. The molecule has 2 heterocycles. The van der Waals surface area contributed by atoms with E-state index in [0.29, 0.717) is 10.3 Å². The van der Waals surface area contributed by atoms with E-state index >= 15 is 0 Å². The molecule has 20 heavy (non-hydrogen) atoms. The first kappa shape index (κ1) is 12.6. The Morgan fingerprint density at radius 2 is 2.15 bits per heavy atom. The minimum atomic E-state index is -0.646. The minimum absolute atomic E-state index is 0.0345. The molecule has 0 bridgehead atoms. The number of ether oxygens (including phenoxy) is 1. The van der Waals surface area contributed by atoms with Gasteiger partial charge in [-0.1, -0.05) is 12.1 Å². The number of rotatable bonds is 2. The van der Waals surface area contributed by atoms with E-state index in [1.54, 1.807) is 13.0 Å². The average molecular weight is 289 g/mol. The zero-order valence-corrected chi connectivity index (χ0v) is 11.4. The van der Waals surface area contributed by atoms with E-state index in [2.05, 4.69) is 4.98 Å². The molecule has 102 valence electrons. The maximum Gasteiger partial charge on any atom is 0.345 e. The maximum atomic E-state index is 12.4. The van der Waals surface area contributed by atoms with Gasteiger partial charge in [0.1, 0.15) is 5.56 Å². The second-order valence-electron chi connectivity index (χ2n) is 4.17. The van der Waals surface area contributed by atoms with Gasteiger partial charge in [0.15, 0.2) is 4.77 Å². The molecule has 3 rings (SSSR count). The number of nitrogens with zero attached hydrogens (tertiary/aromatic N) is 2. The maximum absolute atomic E-state index is 12.4. The summed E-state index contributed by atoms with van der Waals surface area (Å²) < 4.78 is 8.01. The lowest BCUT2D eigenvalue weighted by Crippen LogP contribution is -2.19. The van der Waals surface area contributed by atoms with Gasteiger partial charge in [-0.15, -0.1) is 0 Å². The summed E-state index contributed by atoms with van der Waals surface area (Å²) in [5.41, 5.74) is 0.884. The molecule has 0 unspecified atom stereocenters. The molecule has 2 aromatic heterocycles. The number of benzene rings is 1. The Hall–Kier alpha value is -2.41. The molecular formula is C13H11N3O3S. The van der Waals surface area contributed by atoms with Crippen LogP contribution in [0.4, 0.5) is 0 Å². The first-order valence-corrected chi connectivity index (χ1v) is 6.47. The standard InChI is InChI=1S/C13H11N3O3S/c1-2-19-12(18)8-7-15-13(20)14-9-5-3-4-6-10(9)16(15)11(8)17/h3-7H,2H2,1H3,(H,14,20).